The van der Waals surface area contributed by atoms with Crippen LogP contribution in [-0.4, -0.2) is 24.1 Å². The topological polar surface area (TPSA) is 73.6 Å². The van der Waals surface area contributed by atoms with Crippen LogP contribution in [0, 0.1) is 0 Å². The number of aromatic nitrogens is 1. The number of nitrogens with zero attached hydrogens (tertiary/aromatic N) is 1. The number of hydrogen-bond acceptors (Lipinski definition) is 5. The molecule has 2 aromatic carbocycles. The third kappa shape index (κ3) is 4.83. The second-order valence-electron chi connectivity index (χ2n) is 6.50. The number of benzene rings is 2. The van der Waals surface area contributed by atoms with Gasteiger partial charge in [0.05, 0.1) is 11.2 Å². The number of aryl methyl sites for hydroxylation is 1. The first-order valence-corrected chi connectivity index (χ1v) is 9.89. The summed E-state index contributed by atoms with van der Waals surface area (Å²) in [6, 6.07) is 10.9. The molecular weight excluding hydrogens is 415 g/mol. The molecule has 3 aromatic rings. The molecule has 0 spiro atoms. The lowest BCUT2D eigenvalue weighted by atomic mass is 10.2. The molecule has 1 aliphatic heterocycles. The number of amides is 1. The maximum atomic E-state index is 12.2. The molecule has 0 bridgehead atoms. The van der Waals surface area contributed by atoms with Crippen molar-refractivity contribution in [2.75, 3.05) is 13.2 Å². The van der Waals surface area contributed by atoms with Crippen LogP contribution in [0.2, 0.25) is 10.0 Å². The lowest BCUT2D eigenvalue weighted by Gasteiger charge is -2.20. The van der Waals surface area contributed by atoms with Gasteiger partial charge >= 0.3 is 0 Å². The summed E-state index contributed by atoms with van der Waals surface area (Å²) in [6.45, 7) is 1.30. The van der Waals surface area contributed by atoms with Crippen LogP contribution in [0.15, 0.2) is 47.0 Å². The van der Waals surface area contributed by atoms with Gasteiger partial charge in [0.15, 0.2) is 23.1 Å². The fourth-order valence-electron chi connectivity index (χ4n) is 2.95. The third-order valence-electron chi connectivity index (χ3n) is 4.39. The molecular formula is C21H18Cl2N2O4. The smallest absolute Gasteiger partial charge is 0.220 e. The molecule has 0 radical (unpaired) electrons. The van der Waals surface area contributed by atoms with Crippen molar-refractivity contribution in [1.82, 2.24) is 10.3 Å². The van der Waals surface area contributed by atoms with Gasteiger partial charge in [-0.3, -0.25) is 4.79 Å². The molecule has 150 valence electrons. The Morgan fingerprint density at radius 1 is 1.10 bits per heavy atom. The van der Waals surface area contributed by atoms with Crippen molar-refractivity contribution < 1.29 is 18.7 Å². The molecule has 2 heterocycles. The zero-order chi connectivity index (χ0) is 20.2. The summed E-state index contributed by atoms with van der Waals surface area (Å²) in [6.07, 6.45) is 2.31. The van der Waals surface area contributed by atoms with Gasteiger partial charge in [0.1, 0.15) is 13.2 Å². The summed E-state index contributed by atoms with van der Waals surface area (Å²) in [5, 5.41) is 4.00. The number of halogens is 2. The fourth-order valence-corrected chi connectivity index (χ4v) is 3.36. The molecule has 1 aliphatic rings. The monoisotopic (exact) mass is 432 g/mol. The minimum Gasteiger partial charge on any atom is -0.486 e. The number of ether oxygens (including phenoxy) is 2. The zero-order valence-electron chi connectivity index (χ0n) is 15.4. The van der Waals surface area contributed by atoms with Gasteiger partial charge in [0, 0.05) is 30.0 Å². The van der Waals surface area contributed by atoms with Gasteiger partial charge in [0.2, 0.25) is 5.91 Å². The zero-order valence-corrected chi connectivity index (χ0v) is 16.9. The molecule has 8 heteroatoms. The molecule has 1 N–H and O–H groups in total. The van der Waals surface area contributed by atoms with Crippen molar-refractivity contribution in [2.45, 2.75) is 19.4 Å². The van der Waals surface area contributed by atoms with Crippen LogP contribution in [0.1, 0.15) is 17.9 Å². The average molecular weight is 433 g/mol. The van der Waals surface area contributed by atoms with E-state index < -0.39 is 0 Å². The van der Waals surface area contributed by atoms with E-state index in [0.717, 1.165) is 11.1 Å². The van der Waals surface area contributed by atoms with Gasteiger partial charge in [-0.1, -0.05) is 23.2 Å². The van der Waals surface area contributed by atoms with Crippen LogP contribution in [0.4, 0.5) is 0 Å². The highest BCUT2D eigenvalue weighted by Crippen LogP contribution is 2.38. The second-order valence-corrected chi connectivity index (χ2v) is 7.35. The highest BCUT2D eigenvalue weighted by molar-refractivity contribution is 6.32. The van der Waals surface area contributed by atoms with Crippen molar-refractivity contribution >= 4 is 29.1 Å². The summed E-state index contributed by atoms with van der Waals surface area (Å²) in [5.74, 6) is 2.19. The number of carbonyl (C=O) groups excluding carboxylic acids is 1. The van der Waals surface area contributed by atoms with Crippen LogP contribution < -0.4 is 14.8 Å². The number of oxazole rings is 1. The van der Waals surface area contributed by atoms with Crippen LogP contribution in [0.3, 0.4) is 0 Å². The summed E-state index contributed by atoms with van der Waals surface area (Å²) in [4.78, 5) is 16.4. The van der Waals surface area contributed by atoms with Gasteiger partial charge in [-0.25, -0.2) is 4.98 Å². The van der Waals surface area contributed by atoms with E-state index >= 15 is 0 Å². The van der Waals surface area contributed by atoms with Crippen molar-refractivity contribution in [3.05, 3.63) is 64.1 Å². The highest BCUT2D eigenvalue weighted by Gasteiger charge is 2.17. The highest BCUT2D eigenvalue weighted by atomic mass is 35.5. The van der Waals surface area contributed by atoms with E-state index in [-0.39, 0.29) is 12.3 Å². The summed E-state index contributed by atoms with van der Waals surface area (Å²) < 4.78 is 16.8. The Bertz CT molecular complexity index is 1020. The van der Waals surface area contributed by atoms with E-state index in [1.807, 2.05) is 18.2 Å². The van der Waals surface area contributed by atoms with Crippen LogP contribution >= 0.6 is 23.2 Å². The molecule has 0 unspecified atom stereocenters. The fraction of sp³-hybridized carbons (Fsp3) is 0.238. The number of nitrogens with one attached hydrogen (secondary N) is 1. The maximum absolute atomic E-state index is 12.2. The minimum absolute atomic E-state index is 0.109. The predicted molar refractivity (Wildman–Crippen MR) is 110 cm³/mol. The Morgan fingerprint density at radius 3 is 2.72 bits per heavy atom. The quantitative estimate of drug-likeness (QED) is 0.612. The van der Waals surface area contributed by atoms with Crippen molar-refractivity contribution in [1.29, 1.82) is 0 Å². The maximum Gasteiger partial charge on any atom is 0.220 e. The van der Waals surface area contributed by atoms with Crippen molar-refractivity contribution in [3.63, 3.8) is 0 Å². The molecule has 0 saturated heterocycles. The largest absolute Gasteiger partial charge is 0.486 e. The van der Waals surface area contributed by atoms with E-state index in [0.29, 0.717) is 59.4 Å². The van der Waals surface area contributed by atoms with E-state index in [9.17, 15) is 4.79 Å². The van der Waals surface area contributed by atoms with Crippen molar-refractivity contribution in [2.24, 2.45) is 0 Å². The minimum atomic E-state index is -0.109. The molecule has 29 heavy (non-hydrogen) atoms. The molecule has 0 aliphatic carbocycles. The van der Waals surface area contributed by atoms with Crippen LogP contribution in [0.25, 0.3) is 11.3 Å². The van der Waals surface area contributed by atoms with E-state index in [1.54, 1.807) is 24.4 Å². The Morgan fingerprint density at radius 2 is 1.90 bits per heavy atom. The van der Waals surface area contributed by atoms with Gasteiger partial charge in [-0.2, -0.15) is 0 Å². The lowest BCUT2D eigenvalue weighted by Crippen LogP contribution is -2.23. The first-order valence-electron chi connectivity index (χ1n) is 9.14. The summed E-state index contributed by atoms with van der Waals surface area (Å²) in [7, 11) is 0. The molecule has 6 nitrogen and oxygen atoms in total. The SMILES string of the molecule is O=C(CCc1ncc(-c2ccc(Cl)cc2)o1)NCc1cc(Cl)c2c(c1)OCCO2. The van der Waals surface area contributed by atoms with Crippen LogP contribution in [-0.2, 0) is 17.8 Å². The standard InChI is InChI=1S/C21H18Cl2N2O4/c22-15-3-1-14(2-4-15)18-12-25-20(29-18)6-5-19(26)24-11-13-9-16(23)21-17(10-13)27-7-8-28-21/h1-4,9-10,12H,5-8,11H2,(H,24,26). The molecule has 0 fully saturated rings. The van der Waals surface area contributed by atoms with E-state index in [2.05, 4.69) is 10.3 Å². The first kappa shape index (κ1) is 19.6. The number of hydrogen-bond donors (Lipinski definition) is 1. The summed E-state index contributed by atoms with van der Waals surface area (Å²) in [5.41, 5.74) is 1.72. The Hall–Kier alpha value is -2.70. The van der Waals surface area contributed by atoms with Crippen molar-refractivity contribution in [3.8, 4) is 22.8 Å². The molecule has 1 amide bonds. The molecule has 4 rings (SSSR count). The Labute approximate surface area is 177 Å². The number of fused-ring (bicyclic) bond motifs is 1. The predicted octanol–water partition coefficient (Wildman–Crippen LogP) is 4.67. The number of rotatable bonds is 6. The lowest BCUT2D eigenvalue weighted by molar-refractivity contribution is -0.121. The van der Waals surface area contributed by atoms with Gasteiger partial charge in [-0.05, 0) is 42.0 Å². The molecule has 0 atom stereocenters. The van der Waals surface area contributed by atoms with Crippen LogP contribution in [0.5, 0.6) is 11.5 Å². The second kappa shape index (κ2) is 8.76. The average Bonchev–Trinajstić information content (AvgIpc) is 3.20. The van der Waals surface area contributed by atoms with Gasteiger partial charge < -0.3 is 19.2 Å². The molecule has 0 saturated carbocycles. The Balaban J connectivity index is 1.30. The number of carbonyl (C=O) groups is 1. The van der Waals surface area contributed by atoms with E-state index in [4.69, 9.17) is 37.1 Å². The van der Waals surface area contributed by atoms with Gasteiger partial charge in [0.25, 0.3) is 0 Å². The van der Waals surface area contributed by atoms with E-state index in [1.165, 1.54) is 0 Å². The Kier molecular flexibility index (Phi) is 5.92. The molecule has 1 aromatic heterocycles. The van der Waals surface area contributed by atoms with Gasteiger partial charge in [-0.15, -0.1) is 0 Å². The summed E-state index contributed by atoms with van der Waals surface area (Å²) >= 11 is 12.1. The third-order valence-corrected chi connectivity index (χ3v) is 4.93. The normalized spacial score (nSPS) is 12.6. The first-order chi connectivity index (χ1) is 14.1.